The molecule has 6 nitrogen and oxygen atoms in total. The van der Waals surface area contributed by atoms with Crippen LogP contribution in [-0.2, 0) is 0 Å². The van der Waals surface area contributed by atoms with Crippen LogP contribution in [0.4, 0.5) is 5.13 Å². The molecule has 0 bridgehead atoms. The van der Waals surface area contributed by atoms with Crippen LogP contribution in [0.25, 0.3) is 11.0 Å². The highest BCUT2D eigenvalue weighted by Crippen LogP contribution is 2.43. The van der Waals surface area contributed by atoms with Gasteiger partial charge in [-0.3, -0.25) is 14.5 Å². The van der Waals surface area contributed by atoms with Gasteiger partial charge in [0.15, 0.2) is 5.43 Å². The van der Waals surface area contributed by atoms with Gasteiger partial charge in [0.25, 0.3) is 5.91 Å². The van der Waals surface area contributed by atoms with E-state index >= 15 is 0 Å². The SMILES string of the molecule is Cc1nnc(N2C(=O)c3oc4ccccc4c(=O)c3C2c2cccs2)s1. The molecule has 8 heteroatoms. The number of amides is 1. The molecule has 1 aliphatic rings. The third-order valence-electron chi connectivity index (χ3n) is 4.31. The number of hydrogen-bond donors (Lipinski definition) is 0. The monoisotopic (exact) mass is 381 g/mol. The summed E-state index contributed by atoms with van der Waals surface area (Å²) in [6, 6.07) is 10.2. The van der Waals surface area contributed by atoms with Crippen molar-refractivity contribution in [1.82, 2.24) is 10.2 Å². The lowest BCUT2D eigenvalue weighted by atomic mass is 10.0. The number of aromatic nitrogens is 2. The number of aryl methyl sites for hydroxylation is 1. The van der Waals surface area contributed by atoms with Gasteiger partial charge in [-0.2, -0.15) is 0 Å². The second-order valence-corrected chi connectivity index (χ2v) is 8.01. The Morgan fingerprint density at radius 1 is 1.12 bits per heavy atom. The van der Waals surface area contributed by atoms with Crippen LogP contribution in [0, 0.1) is 6.92 Å². The highest BCUT2D eigenvalue weighted by atomic mass is 32.1. The molecule has 0 spiro atoms. The predicted octanol–water partition coefficient (Wildman–Crippen LogP) is 3.76. The lowest BCUT2D eigenvalue weighted by molar-refractivity contribution is 0.0971. The summed E-state index contributed by atoms with van der Waals surface area (Å²) in [6.45, 7) is 1.83. The predicted molar refractivity (Wildman–Crippen MR) is 100 cm³/mol. The number of rotatable bonds is 2. The van der Waals surface area contributed by atoms with Crippen LogP contribution < -0.4 is 10.3 Å². The van der Waals surface area contributed by atoms with Crippen molar-refractivity contribution in [2.45, 2.75) is 13.0 Å². The minimum atomic E-state index is -0.550. The van der Waals surface area contributed by atoms with Crippen LogP contribution in [-0.4, -0.2) is 16.1 Å². The van der Waals surface area contributed by atoms with E-state index in [-0.39, 0.29) is 17.1 Å². The third kappa shape index (κ3) is 2.09. The second-order valence-electron chi connectivity index (χ2n) is 5.87. The van der Waals surface area contributed by atoms with Crippen LogP contribution >= 0.6 is 22.7 Å². The minimum Gasteiger partial charge on any atom is -0.450 e. The molecular weight excluding hydrogens is 370 g/mol. The molecular formula is C18H11N3O3S2. The van der Waals surface area contributed by atoms with Crippen molar-refractivity contribution in [1.29, 1.82) is 0 Å². The Hall–Kier alpha value is -2.84. The Labute approximate surface area is 155 Å². The molecule has 0 aliphatic carbocycles. The first-order valence-corrected chi connectivity index (χ1v) is 9.57. The zero-order chi connectivity index (χ0) is 17.8. The summed E-state index contributed by atoms with van der Waals surface area (Å²) in [5.41, 5.74) is 0.589. The fraction of sp³-hybridized carbons (Fsp3) is 0.111. The van der Waals surface area contributed by atoms with Crippen LogP contribution in [0.3, 0.4) is 0 Å². The molecule has 1 atom stereocenters. The maximum atomic E-state index is 13.2. The molecule has 0 saturated carbocycles. The van der Waals surface area contributed by atoms with Crippen molar-refractivity contribution in [2.75, 3.05) is 4.90 Å². The largest absolute Gasteiger partial charge is 0.450 e. The van der Waals surface area contributed by atoms with Crippen molar-refractivity contribution in [2.24, 2.45) is 0 Å². The molecule has 4 aromatic rings. The summed E-state index contributed by atoms with van der Waals surface area (Å²) in [5.74, 6) is -0.280. The molecule has 5 rings (SSSR count). The average molecular weight is 381 g/mol. The standard InChI is InChI=1S/C18H11N3O3S2/c1-9-19-20-18(26-9)21-14(12-7-4-8-25-12)13-15(22)10-5-2-3-6-11(10)24-16(13)17(21)23/h2-8,14H,1H3. The van der Waals surface area contributed by atoms with E-state index < -0.39 is 6.04 Å². The average Bonchev–Trinajstić information content (AvgIpc) is 3.36. The number of carbonyl (C=O) groups excluding carboxylic acids is 1. The number of thiophene rings is 1. The number of benzene rings is 1. The summed E-state index contributed by atoms with van der Waals surface area (Å²) in [5, 5.41) is 11.7. The molecule has 1 amide bonds. The molecule has 0 fully saturated rings. The molecule has 26 heavy (non-hydrogen) atoms. The molecule has 1 unspecified atom stereocenters. The smallest absolute Gasteiger partial charge is 0.297 e. The van der Waals surface area contributed by atoms with E-state index in [0.717, 1.165) is 9.88 Å². The Bertz CT molecular complexity index is 1210. The van der Waals surface area contributed by atoms with Crippen molar-refractivity contribution < 1.29 is 9.21 Å². The van der Waals surface area contributed by atoms with Crippen molar-refractivity contribution in [3.05, 3.63) is 73.2 Å². The summed E-state index contributed by atoms with van der Waals surface area (Å²) in [6.07, 6.45) is 0. The highest BCUT2D eigenvalue weighted by molar-refractivity contribution is 7.15. The van der Waals surface area contributed by atoms with Gasteiger partial charge in [0, 0.05) is 4.88 Å². The molecule has 0 N–H and O–H groups in total. The van der Waals surface area contributed by atoms with Gasteiger partial charge in [0.1, 0.15) is 16.6 Å². The first-order valence-electron chi connectivity index (χ1n) is 7.88. The Morgan fingerprint density at radius 3 is 2.69 bits per heavy atom. The number of carbonyl (C=O) groups is 1. The molecule has 4 heterocycles. The zero-order valence-electron chi connectivity index (χ0n) is 13.5. The third-order valence-corrected chi connectivity index (χ3v) is 6.07. The van der Waals surface area contributed by atoms with Gasteiger partial charge >= 0.3 is 0 Å². The Kier molecular flexibility index (Phi) is 3.31. The quantitative estimate of drug-likeness (QED) is 0.528. The molecule has 1 aliphatic heterocycles. The van der Waals surface area contributed by atoms with Gasteiger partial charge < -0.3 is 4.42 Å². The minimum absolute atomic E-state index is 0.0833. The molecule has 0 saturated heterocycles. The van der Waals surface area contributed by atoms with Crippen molar-refractivity contribution in [3.63, 3.8) is 0 Å². The van der Waals surface area contributed by atoms with E-state index in [4.69, 9.17) is 4.42 Å². The molecule has 0 radical (unpaired) electrons. The summed E-state index contributed by atoms with van der Waals surface area (Å²) in [4.78, 5) is 28.7. The van der Waals surface area contributed by atoms with E-state index in [9.17, 15) is 9.59 Å². The van der Waals surface area contributed by atoms with Crippen LogP contribution in [0.15, 0.2) is 51.0 Å². The van der Waals surface area contributed by atoms with E-state index in [0.29, 0.717) is 21.7 Å². The van der Waals surface area contributed by atoms with Crippen LogP contribution in [0.2, 0.25) is 0 Å². The molecule has 3 aromatic heterocycles. The van der Waals surface area contributed by atoms with E-state index in [2.05, 4.69) is 10.2 Å². The van der Waals surface area contributed by atoms with Crippen molar-refractivity contribution in [3.8, 4) is 0 Å². The normalized spacial score (nSPS) is 16.4. The summed E-state index contributed by atoms with van der Waals surface area (Å²) < 4.78 is 5.85. The Balaban J connectivity index is 1.84. The zero-order valence-corrected chi connectivity index (χ0v) is 15.1. The summed E-state index contributed by atoms with van der Waals surface area (Å²) >= 11 is 2.80. The lowest BCUT2D eigenvalue weighted by Gasteiger charge is -2.20. The molecule has 1 aromatic carbocycles. The number of anilines is 1. The number of nitrogens with zero attached hydrogens (tertiary/aromatic N) is 3. The first kappa shape index (κ1) is 15.4. The van der Waals surface area contributed by atoms with Gasteiger partial charge in [0.05, 0.1) is 10.9 Å². The van der Waals surface area contributed by atoms with Crippen molar-refractivity contribution >= 4 is 44.7 Å². The number of para-hydroxylation sites is 1. The van der Waals surface area contributed by atoms with E-state index in [1.54, 1.807) is 24.3 Å². The van der Waals surface area contributed by atoms with E-state index in [1.807, 2.05) is 24.4 Å². The lowest BCUT2D eigenvalue weighted by Crippen LogP contribution is -2.28. The fourth-order valence-electron chi connectivity index (χ4n) is 3.22. The van der Waals surface area contributed by atoms with Gasteiger partial charge in [-0.05, 0) is 30.5 Å². The Morgan fingerprint density at radius 2 is 1.96 bits per heavy atom. The van der Waals surface area contributed by atoms with Gasteiger partial charge in [-0.1, -0.05) is 29.5 Å². The first-order chi connectivity index (χ1) is 12.6. The maximum Gasteiger partial charge on any atom is 0.297 e. The maximum absolute atomic E-state index is 13.2. The molecule has 128 valence electrons. The highest BCUT2D eigenvalue weighted by Gasteiger charge is 2.45. The second kappa shape index (κ2) is 5.58. The number of fused-ring (bicyclic) bond motifs is 2. The van der Waals surface area contributed by atoms with Crippen LogP contribution in [0.5, 0.6) is 0 Å². The van der Waals surface area contributed by atoms with Gasteiger partial charge in [-0.25, -0.2) is 0 Å². The van der Waals surface area contributed by atoms with E-state index in [1.165, 1.54) is 27.6 Å². The summed E-state index contributed by atoms with van der Waals surface area (Å²) in [7, 11) is 0. The van der Waals surface area contributed by atoms with Gasteiger partial charge in [0.2, 0.25) is 10.9 Å². The number of hydrogen-bond acceptors (Lipinski definition) is 7. The topological polar surface area (TPSA) is 76.3 Å². The van der Waals surface area contributed by atoms with Crippen LogP contribution in [0.1, 0.15) is 32.0 Å². The van der Waals surface area contributed by atoms with Gasteiger partial charge in [-0.15, -0.1) is 21.5 Å². The fourth-order valence-corrected chi connectivity index (χ4v) is 4.75.